The van der Waals surface area contributed by atoms with Gasteiger partial charge in [-0.2, -0.15) is 0 Å². The van der Waals surface area contributed by atoms with Crippen molar-refractivity contribution in [3.63, 3.8) is 0 Å². The molecule has 0 aliphatic carbocycles. The molecular formula is C7H12N2O. The number of hydrogen-bond donors (Lipinski definition) is 2. The summed E-state index contributed by atoms with van der Waals surface area (Å²) in [6.07, 6.45) is 2.21. The molecule has 0 fully saturated rings. The van der Waals surface area contributed by atoms with Crippen molar-refractivity contribution < 1.29 is 4.79 Å². The zero-order valence-electron chi connectivity index (χ0n) is 6.27. The lowest BCUT2D eigenvalue weighted by Gasteiger charge is -1.98. The number of carbonyl (C=O) groups excluding carboxylic acids is 1. The standard InChI is InChI=1S/C7H12N2O/c1-3-9-7(5-10)4-6(2)8/h4-5,8-9H,3H2,1-2H3/b7-4-,8-6?. The van der Waals surface area contributed by atoms with Gasteiger partial charge in [0.05, 0.1) is 5.70 Å². The zero-order valence-corrected chi connectivity index (χ0v) is 6.27. The Morgan fingerprint density at radius 1 is 1.70 bits per heavy atom. The second-order valence-corrected chi connectivity index (χ2v) is 1.93. The van der Waals surface area contributed by atoms with E-state index in [1.54, 1.807) is 6.92 Å². The number of rotatable bonds is 4. The maximum Gasteiger partial charge on any atom is 0.165 e. The van der Waals surface area contributed by atoms with Crippen molar-refractivity contribution in [2.75, 3.05) is 6.54 Å². The molecule has 0 heterocycles. The normalized spacial score (nSPS) is 10.8. The first-order chi connectivity index (χ1) is 4.70. The Kier molecular flexibility index (Phi) is 4.20. The molecule has 0 aromatic rings. The average molecular weight is 140 g/mol. The second-order valence-electron chi connectivity index (χ2n) is 1.93. The van der Waals surface area contributed by atoms with Gasteiger partial charge in [0.2, 0.25) is 0 Å². The first kappa shape index (κ1) is 8.88. The molecule has 0 aromatic carbocycles. The van der Waals surface area contributed by atoms with Crippen molar-refractivity contribution in [2.24, 2.45) is 0 Å². The first-order valence-corrected chi connectivity index (χ1v) is 3.16. The number of hydrogen-bond acceptors (Lipinski definition) is 3. The quantitative estimate of drug-likeness (QED) is 0.343. The van der Waals surface area contributed by atoms with Crippen LogP contribution in [-0.4, -0.2) is 18.5 Å². The van der Waals surface area contributed by atoms with Crippen LogP contribution in [0.5, 0.6) is 0 Å². The summed E-state index contributed by atoms with van der Waals surface area (Å²) in [4.78, 5) is 10.2. The minimum atomic E-state index is 0.378. The fourth-order valence-corrected chi connectivity index (χ4v) is 0.564. The van der Waals surface area contributed by atoms with Crippen LogP contribution in [-0.2, 0) is 4.79 Å². The van der Waals surface area contributed by atoms with Gasteiger partial charge in [0.25, 0.3) is 0 Å². The van der Waals surface area contributed by atoms with Crippen molar-refractivity contribution >= 4 is 12.0 Å². The highest BCUT2D eigenvalue weighted by Crippen LogP contribution is 1.83. The molecule has 0 rings (SSSR count). The Morgan fingerprint density at radius 3 is 2.60 bits per heavy atom. The van der Waals surface area contributed by atoms with Gasteiger partial charge in [-0.25, -0.2) is 0 Å². The molecule has 3 heteroatoms. The van der Waals surface area contributed by atoms with Crippen LogP contribution < -0.4 is 5.32 Å². The lowest BCUT2D eigenvalue weighted by molar-refractivity contribution is -0.105. The van der Waals surface area contributed by atoms with Crippen LogP contribution in [0.15, 0.2) is 11.8 Å². The van der Waals surface area contributed by atoms with E-state index in [9.17, 15) is 4.79 Å². The van der Waals surface area contributed by atoms with Crippen molar-refractivity contribution in [1.29, 1.82) is 5.41 Å². The molecule has 0 saturated heterocycles. The maximum absolute atomic E-state index is 10.2. The van der Waals surface area contributed by atoms with Crippen LogP contribution in [0.2, 0.25) is 0 Å². The highest BCUT2D eigenvalue weighted by atomic mass is 16.1. The van der Waals surface area contributed by atoms with Crippen LogP contribution >= 0.6 is 0 Å². The Labute approximate surface area is 60.6 Å². The van der Waals surface area contributed by atoms with E-state index in [0.29, 0.717) is 24.2 Å². The van der Waals surface area contributed by atoms with Crippen molar-refractivity contribution in [1.82, 2.24) is 5.32 Å². The van der Waals surface area contributed by atoms with Gasteiger partial charge >= 0.3 is 0 Å². The molecular weight excluding hydrogens is 128 g/mol. The van der Waals surface area contributed by atoms with E-state index in [4.69, 9.17) is 5.41 Å². The lowest BCUT2D eigenvalue weighted by atomic mass is 10.3. The molecule has 3 nitrogen and oxygen atoms in total. The number of aldehydes is 1. The monoisotopic (exact) mass is 140 g/mol. The zero-order chi connectivity index (χ0) is 7.98. The predicted molar refractivity (Wildman–Crippen MR) is 41.2 cm³/mol. The van der Waals surface area contributed by atoms with Gasteiger partial charge in [0, 0.05) is 12.3 Å². The van der Waals surface area contributed by atoms with Crippen LogP contribution in [0.1, 0.15) is 13.8 Å². The summed E-state index contributed by atoms with van der Waals surface area (Å²) in [6, 6.07) is 0. The SMILES string of the molecule is CCN/C(C=O)=C\C(C)=N. The number of likely N-dealkylation sites (N-methyl/N-ethyl adjacent to an activating group) is 1. The van der Waals surface area contributed by atoms with Crippen LogP contribution in [0.3, 0.4) is 0 Å². The van der Waals surface area contributed by atoms with Crippen molar-refractivity contribution in [2.45, 2.75) is 13.8 Å². The summed E-state index contributed by atoms with van der Waals surface area (Å²) in [5.41, 5.74) is 0.845. The third kappa shape index (κ3) is 3.83. The Hall–Kier alpha value is -1.12. The molecule has 0 radical (unpaired) electrons. The number of nitrogens with one attached hydrogen (secondary N) is 2. The highest BCUT2D eigenvalue weighted by Gasteiger charge is 1.90. The maximum atomic E-state index is 10.2. The van der Waals surface area contributed by atoms with Crippen molar-refractivity contribution in [3.05, 3.63) is 11.8 Å². The van der Waals surface area contributed by atoms with E-state index >= 15 is 0 Å². The Balaban J connectivity index is 4.03. The topological polar surface area (TPSA) is 53.0 Å². The summed E-state index contributed by atoms with van der Waals surface area (Å²) in [6.45, 7) is 4.23. The molecule has 0 atom stereocenters. The minimum absolute atomic E-state index is 0.378. The lowest BCUT2D eigenvalue weighted by Crippen LogP contribution is -2.13. The smallest absolute Gasteiger partial charge is 0.165 e. The molecule has 0 aliphatic rings. The Morgan fingerprint density at radius 2 is 2.30 bits per heavy atom. The van der Waals surface area contributed by atoms with Gasteiger partial charge in [-0.1, -0.05) is 0 Å². The third-order valence-electron chi connectivity index (χ3n) is 0.880. The molecule has 2 N–H and O–H groups in total. The fraction of sp³-hybridized carbons (Fsp3) is 0.429. The first-order valence-electron chi connectivity index (χ1n) is 3.16. The molecule has 0 amide bonds. The van der Waals surface area contributed by atoms with Crippen molar-refractivity contribution in [3.8, 4) is 0 Å². The predicted octanol–water partition coefficient (Wildman–Crippen LogP) is 0.718. The van der Waals surface area contributed by atoms with E-state index in [0.717, 1.165) is 0 Å². The van der Waals surface area contributed by atoms with E-state index in [-0.39, 0.29) is 0 Å². The third-order valence-corrected chi connectivity index (χ3v) is 0.880. The highest BCUT2D eigenvalue weighted by molar-refractivity contribution is 5.94. The van der Waals surface area contributed by atoms with Crippen LogP contribution in [0.25, 0.3) is 0 Å². The van der Waals surface area contributed by atoms with E-state index in [1.807, 2.05) is 6.92 Å². The van der Waals surface area contributed by atoms with Gasteiger partial charge in [0.1, 0.15) is 0 Å². The van der Waals surface area contributed by atoms with Gasteiger partial charge in [-0.05, 0) is 19.9 Å². The summed E-state index contributed by atoms with van der Waals surface area (Å²) in [7, 11) is 0. The van der Waals surface area contributed by atoms with Crippen LogP contribution in [0.4, 0.5) is 0 Å². The summed E-state index contributed by atoms with van der Waals surface area (Å²) < 4.78 is 0. The van der Waals surface area contributed by atoms with E-state index < -0.39 is 0 Å². The Bertz CT molecular complexity index is 161. The summed E-state index contributed by atoms with van der Waals surface area (Å²) in [5, 5.41) is 9.85. The molecule has 0 spiro atoms. The van der Waals surface area contributed by atoms with E-state index in [2.05, 4.69) is 5.32 Å². The second kappa shape index (κ2) is 4.73. The number of carbonyl (C=O) groups is 1. The van der Waals surface area contributed by atoms with Gasteiger partial charge < -0.3 is 10.7 Å². The van der Waals surface area contributed by atoms with Crippen LogP contribution in [0, 0.1) is 5.41 Å². The molecule has 0 aliphatic heterocycles. The molecule has 0 unspecified atom stereocenters. The van der Waals surface area contributed by atoms with Gasteiger partial charge in [0.15, 0.2) is 6.29 Å². The summed E-state index contributed by atoms with van der Waals surface area (Å²) in [5.74, 6) is 0. The van der Waals surface area contributed by atoms with Gasteiger partial charge in [-0.3, -0.25) is 4.79 Å². The van der Waals surface area contributed by atoms with E-state index in [1.165, 1.54) is 6.08 Å². The molecule has 0 saturated carbocycles. The number of allylic oxidation sites excluding steroid dienone is 2. The molecule has 10 heavy (non-hydrogen) atoms. The minimum Gasteiger partial charge on any atom is -0.383 e. The molecule has 56 valence electrons. The molecule has 0 bridgehead atoms. The molecule has 0 aromatic heterocycles. The summed E-state index contributed by atoms with van der Waals surface area (Å²) >= 11 is 0. The van der Waals surface area contributed by atoms with Gasteiger partial charge in [-0.15, -0.1) is 0 Å². The average Bonchev–Trinajstić information content (AvgIpc) is 1.86. The largest absolute Gasteiger partial charge is 0.383 e. The fourth-order valence-electron chi connectivity index (χ4n) is 0.564.